The van der Waals surface area contributed by atoms with Crippen LogP contribution in [-0.2, 0) is 9.53 Å². The molecule has 0 unspecified atom stereocenters. The standard InChI is InChI=1S/C17H10ClF2NO3/c18-12-3-1-2-11(9-12)15-21-14(16(22)24-15)8-10-4-6-13(7-5-10)23-17(19)20/h1-9,17H/b14-8-. The van der Waals surface area contributed by atoms with Gasteiger partial charge in [-0.2, -0.15) is 8.78 Å². The summed E-state index contributed by atoms with van der Waals surface area (Å²) in [5, 5.41) is 0.498. The summed E-state index contributed by atoms with van der Waals surface area (Å²) in [6, 6.07) is 12.6. The van der Waals surface area contributed by atoms with E-state index in [9.17, 15) is 13.6 Å². The zero-order chi connectivity index (χ0) is 17.1. The van der Waals surface area contributed by atoms with E-state index >= 15 is 0 Å². The highest BCUT2D eigenvalue weighted by atomic mass is 35.5. The Morgan fingerprint density at radius 3 is 2.58 bits per heavy atom. The van der Waals surface area contributed by atoms with Crippen LogP contribution in [0.5, 0.6) is 5.75 Å². The minimum absolute atomic E-state index is 0.0317. The summed E-state index contributed by atoms with van der Waals surface area (Å²) in [5.41, 5.74) is 1.28. The van der Waals surface area contributed by atoms with E-state index in [0.29, 0.717) is 16.1 Å². The van der Waals surface area contributed by atoms with E-state index in [1.54, 1.807) is 24.3 Å². The Balaban J connectivity index is 1.83. The molecule has 0 saturated heterocycles. The molecule has 0 N–H and O–H groups in total. The first-order valence-electron chi connectivity index (χ1n) is 6.84. The molecular formula is C17H10ClF2NO3. The minimum Gasteiger partial charge on any atom is -0.435 e. The van der Waals surface area contributed by atoms with Crippen molar-refractivity contribution in [3.8, 4) is 5.75 Å². The van der Waals surface area contributed by atoms with Crippen molar-refractivity contribution in [2.45, 2.75) is 6.61 Å². The van der Waals surface area contributed by atoms with Crippen LogP contribution in [0.3, 0.4) is 0 Å². The van der Waals surface area contributed by atoms with E-state index in [1.807, 2.05) is 0 Å². The molecule has 1 aliphatic heterocycles. The number of benzene rings is 2. The van der Waals surface area contributed by atoms with E-state index in [0.717, 1.165) is 0 Å². The summed E-state index contributed by atoms with van der Waals surface area (Å²) >= 11 is 5.90. The van der Waals surface area contributed by atoms with Crippen LogP contribution in [-0.4, -0.2) is 18.5 Å². The number of alkyl halides is 2. The van der Waals surface area contributed by atoms with Gasteiger partial charge in [-0.25, -0.2) is 9.79 Å². The van der Waals surface area contributed by atoms with E-state index in [1.165, 1.54) is 30.3 Å². The lowest BCUT2D eigenvalue weighted by Crippen LogP contribution is -2.05. The molecule has 1 aliphatic rings. The number of cyclic esters (lactones) is 1. The molecule has 0 saturated carbocycles. The monoisotopic (exact) mass is 349 g/mol. The summed E-state index contributed by atoms with van der Waals surface area (Å²) < 4.78 is 33.6. The van der Waals surface area contributed by atoms with E-state index in [4.69, 9.17) is 16.3 Å². The van der Waals surface area contributed by atoms with Gasteiger partial charge in [-0.05, 0) is 42.0 Å². The highest BCUT2D eigenvalue weighted by molar-refractivity contribution is 6.31. The molecule has 0 spiro atoms. The van der Waals surface area contributed by atoms with Gasteiger partial charge in [0, 0.05) is 10.6 Å². The van der Waals surface area contributed by atoms with E-state index < -0.39 is 12.6 Å². The largest absolute Gasteiger partial charge is 0.435 e. The molecular weight excluding hydrogens is 340 g/mol. The van der Waals surface area contributed by atoms with Gasteiger partial charge in [0.15, 0.2) is 5.70 Å². The topological polar surface area (TPSA) is 47.9 Å². The third-order valence-electron chi connectivity index (χ3n) is 3.10. The summed E-state index contributed by atoms with van der Waals surface area (Å²) in [6.07, 6.45) is 1.49. The van der Waals surface area contributed by atoms with Crippen LogP contribution < -0.4 is 4.74 Å². The average molecular weight is 350 g/mol. The number of carbonyl (C=O) groups excluding carboxylic acids is 1. The first-order chi connectivity index (χ1) is 11.5. The number of hydrogen-bond acceptors (Lipinski definition) is 4. The van der Waals surface area contributed by atoms with Crippen LogP contribution in [0.4, 0.5) is 8.78 Å². The molecule has 0 aromatic heterocycles. The minimum atomic E-state index is -2.89. The molecule has 2 aromatic carbocycles. The van der Waals surface area contributed by atoms with E-state index in [2.05, 4.69) is 9.73 Å². The van der Waals surface area contributed by atoms with Gasteiger partial charge >= 0.3 is 12.6 Å². The molecule has 0 bridgehead atoms. The van der Waals surface area contributed by atoms with Gasteiger partial charge in [0.1, 0.15) is 5.75 Å². The van der Waals surface area contributed by atoms with Gasteiger partial charge < -0.3 is 9.47 Å². The second kappa shape index (κ2) is 6.80. The maximum absolute atomic E-state index is 12.1. The highest BCUT2D eigenvalue weighted by Gasteiger charge is 2.24. The Kier molecular flexibility index (Phi) is 4.57. The maximum atomic E-state index is 12.1. The number of carbonyl (C=O) groups is 1. The Labute approximate surface area is 141 Å². The number of aliphatic imine (C=N–C) groups is 1. The number of esters is 1. The van der Waals surface area contributed by atoms with E-state index in [-0.39, 0.29) is 17.3 Å². The van der Waals surface area contributed by atoms with Gasteiger partial charge in [-0.15, -0.1) is 0 Å². The average Bonchev–Trinajstić information content (AvgIpc) is 2.90. The maximum Gasteiger partial charge on any atom is 0.387 e. The van der Waals surface area contributed by atoms with Crippen LogP contribution in [0.2, 0.25) is 5.02 Å². The second-order valence-corrected chi connectivity index (χ2v) is 5.23. The van der Waals surface area contributed by atoms with Crippen molar-refractivity contribution in [2.75, 3.05) is 0 Å². The molecule has 2 aromatic rings. The molecule has 1 heterocycles. The molecule has 4 nitrogen and oxygen atoms in total. The lowest BCUT2D eigenvalue weighted by atomic mass is 10.2. The Morgan fingerprint density at radius 2 is 1.92 bits per heavy atom. The number of rotatable bonds is 4. The fourth-order valence-electron chi connectivity index (χ4n) is 2.06. The number of nitrogens with zero attached hydrogens (tertiary/aromatic N) is 1. The van der Waals surface area contributed by atoms with Crippen LogP contribution in [0, 0.1) is 0 Å². The second-order valence-electron chi connectivity index (χ2n) is 4.79. The molecule has 24 heavy (non-hydrogen) atoms. The van der Waals surface area contributed by atoms with Crippen molar-refractivity contribution in [2.24, 2.45) is 4.99 Å². The summed E-state index contributed by atoms with van der Waals surface area (Å²) in [7, 11) is 0. The third-order valence-corrected chi connectivity index (χ3v) is 3.34. The van der Waals surface area contributed by atoms with Crippen LogP contribution >= 0.6 is 11.6 Å². The molecule has 7 heteroatoms. The Bertz CT molecular complexity index is 832. The fourth-order valence-corrected chi connectivity index (χ4v) is 2.25. The SMILES string of the molecule is O=C1OC(c2cccc(Cl)c2)=N/C1=C\c1ccc(OC(F)F)cc1. The Hall–Kier alpha value is -2.73. The van der Waals surface area contributed by atoms with Crippen molar-refractivity contribution in [1.82, 2.24) is 0 Å². The molecule has 0 amide bonds. The van der Waals surface area contributed by atoms with Gasteiger partial charge in [0.25, 0.3) is 0 Å². The van der Waals surface area contributed by atoms with Gasteiger partial charge in [-0.3, -0.25) is 0 Å². The smallest absolute Gasteiger partial charge is 0.387 e. The summed E-state index contributed by atoms with van der Waals surface area (Å²) in [5.74, 6) is -0.409. The molecule has 122 valence electrons. The van der Waals surface area contributed by atoms with Crippen molar-refractivity contribution in [3.63, 3.8) is 0 Å². The fraction of sp³-hybridized carbons (Fsp3) is 0.0588. The van der Waals surface area contributed by atoms with Crippen LogP contribution in [0.25, 0.3) is 6.08 Å². The predicted molar refractivity (Wildman–Crippen MR) is 85.1 cm³/mol. The van der Waals surface area contributed by atoms with Crippen molar-refractivity contribution in [1.29, 1.82) is 0 Å². The first-order valence-corrected chi connectivity index (χ1v) is 7.22. The number of halogens is 3. The first kappa shape index (κ1) is 16.1. The number of hydrogen-bond donors (Lipinski definition) is 0. The van der Waals surface area contributed by atoms with Crippen molar-refractivity contribution < 1.29 is 23.0 Å². The molecule has 3 rings (SSSR count). The zero-order valence-corrected chi connectivity index (χ0v) is 12.8. The summed E-state index contributed by atoms with van der Waals surface area (Å²) in [4.78, 5) is 16.0. The van der Waals surface area contributed by atoms with Gasteiger partial charge in [0.2, 0.25) is 5.90 Å². The third kappa shape index (κ3) is 3.78. The van der Waals surface area contributed by atoms with Gasteiger partial charge in [-0.1, -0.05) is 29.8 Å². The lowest BCUT2D eigenvalue weighted by Gasteiger charge is -2.03. The molecule has 0 aliphatic carbocycles. The van der Waals surface area contributed by atoms with Crippen LogP contribution in [0.1, 0.15) is 11.1 Å². The molecule has 0 atom stereocenters. The normalized spacial score (nSPS) is 15.6. The zero-order valence-electron chi connectivity index (χ0n) is 12.1. The van der Waals surface area contributed by atoms with Gasteiger partial charge in [0.05, 0.1) is 0 Å². The molecule has 0 radical (unpaired) electrons. The lowest BCUT2D eigenvalue weighted by molar-refractivity contribution is -0.129. The van der Waals surface area contributed by atoms with Crippen molar-refractivity contribution >= 4 is 29.5 Å². The quantitative estimate of drug-likeness (QED) is 0.611. The van der Waals surface area contributed by atoms with Crippen molar-refractivity contribution in [3.05, 3.63) is 70.4 Å². The summed E-state index contributed by atoms with van der Waals surface area (Å²) in [6.45, 7) is -2.89. The highest BCUT2D eigenvalue weighted by Crippen LogP contribution is 2.22. The van der Waals surface area contributed by atoms with Crippen LogP contribution in [0.15, 0.2) is 59.2 Å². The Morgan fingerprint density at radius 1 is 1.17 bits per heavy atom. The number of ether oxygens (including phenoxy) is 2. The predicted octanol–water partition coefficient (Wildman–Crippen LogP) is 4.29. The molecule has 0 fully saturated rings.